The van der Waals surface area contributed by atoms with Gasteiger partial charge >= 0.3 is 0 Å². The van der Waals surface area contributed by atoms with E-state index in [-0.39, 0.29) is 5.43 Å². The van der Waals surface area contributed by atoms with Crippen LogP contribution in [0.3, 0.4) is 0 Å². The van der Waals surface area contributed by atoms with Crippen molar-refractivity contribution in [3.8, 4) is 0 Å². The quantitative estimate of drug-likeness (QED) is 0.556. The molecule has 17 heavy (non-hydrogen) atoms. The number of benzene rings is 2. The summed E-state index contributed by atoms with van der Waals surface area (Å²) >= 11 is 7.33. The summed E-state index contributed by atoms with van der Waals surface area (Å²) < 4.78 is 14.7. The topological polar surface area (TPSA) is 17.1 Å². The molecule has 3 aromatic rings. The third-order valence-electron chi connectivity index (χ3n) is 2.59. The van der Waals surface area contributed by atoms with Crippen molar-refractivity contribution in [2.24, 2.45) is 0 Å². The highest BCUT2D eigenvalue weighted by atomic mass is 35.5. The molecule has 0 spiro atoms. The van der Waals surface area contributed by atoms with Gasteiger partial charge in [-0.3, -0.25) is 4.79 Å². The highest BCUT2D eigenvalue weighted by Crippen LogP contribution is 2.27. The molecule has 84 valence electrons. The maximum Gasteiger partial charge on any atom is 0.195 e. The molecule has 1 nitrogen and oxygen atoms in total. The van der Waals surface area contributed by atoms with Gasteiger partial charge in [0, 0.05) is 25.2 Å². The molecule has 0 saturated carbocycles. The van der Waals surface area contributed by atoms with Gasteiger partial charge in [0.1, 0.15) is 5.82 Å². The van der Waals surface area contributed by atoms with Crippen molar-refractivity contribution in [3.63, 3.8) is 0 Å². The lowest BCUT2D eigenvalue weighted by Crippen LogP contribution is -2.01. The zero-order valence-electron chi connectivity index (χ0n) is 8.54. The van der Waals surface area contributed by atoms with Gasteiger partial charge in [-0.2, -0.15) is 0 Å². The van der Waals surface area contributed by atoms with Crippen molar-refractivity contribution in [1.82, 2.24) is 0 Å². The molecule has 0 aliphatic heterocycles. The van der Waals surface area contributed by atoms with Crippen LogP contribution in [0.15, 0.2) is 41.2 Å². The van der Waals surface area contributed by atoms with E-state index >= 15 is 0 Å². The zero-order chi connectivity index (χ0) is 12.0. The third kappa shape index (κ3) is 1.72. The fraction of sp³-hybridized carbons (Fsp3) is 0. The summed E-state index contributed by atoms with van der Waals surface area (Å²) in [6, 6.07) is 9.36. The molecular weight excluding hydrogens is 259 g/mol. The summed E-state index contributed by atoms with van der Waals surface area (Å²) in [5.74, 6) is -0.393. The largest absolute Gasteiger partial charge is 0.289 e. The van der Waals surface area contributed by atoms with Gasteiger partial charge < -0.3 is 0 Å². The van der Waals surface area contributed by atoms with Crippen molar-refractivity contribution in [2.75, 3.05) is 0 Å². The van der Waals surface area contributed by atoms with E-state index in [0.29, 0.717) is 15.8 Å². The number of hydrogen-bond acceptors (Lipinski definition) is 2. The SMILES string of the molecule is O=c1c2ccc(Cl)cc2sc2ccc(F)cc12. The predicted octanol–water partition coefficient (Wildman–Crippen LogP) is 4.21. The predicted molar refractivity (Wildman–Crippen MR) is 70.6 cm³/mol. The molecule has 0 amide bonds. The molecular formula is C13H6ClFOS. The fourth-order valence-electron chi connectivity index (χ4n) is 1.80. The Morgan fingerprint density at radius 3 is 2.65 bits per heavy atom. The molecule has 2 aromatic carbocycles. The highest BCUT2D eigenvalue weighted by Gasteiger charge is 2.07. The van der Waals surface area contributed by atoms with E-state index in [9.17, 15) is 9.18 Å². The molecule has 0 unspecified atom stereocenters. The molecule has 0 aliphatic carbocycles. The van der Waals surface area contributed by atoms with E-state index in [1.54, 1.807) is 24.3 Å². The first-order valence-corrected chi connectivity index (χ1v) is 6.16. The summed E-state index contributed by atoms with van der Waals surface area (Å²) in [6.45, 7) is 0. The molecule has 0 fully saturated rings. The van der Waals surface area contributed by atoms with E-state index < -0.39 is 5.82 Å². The van der Waals surface area contributed by atoms with E-state index in [1.807, 2.05) is 0 Å². The minimum absolute atomic E-state index is 0.148. The Bertz CT molecular complexity index is 794. The van der Waals surface area contributed by atoms with Crippen molar-refractivity contribution in [3.05, 3.63) is 57.5 Å². The number of fused-ring (bicyclic) bond motifs is 2. The van der Waals surface area contributed by atoms with Crippen LogP contribution < -0.4 is 5.43 Å². The summed E-state index contributed by atoms with van der Waals surface area (Å²) in [5, 5.41) is 1.59. The van der Waals surface area contributed by atoms with Crippen LogP contribution in [0.1, 0.15) is 0 Å². The minimum Gasteiger partial charge on any atom is -0.289 e. The Morgan fingerprint density at radius 1 is 1.00 bits per heavy atom. The molecule has 0 bridgehead atoms. The van der Waals surface area contributed by atoms with Gasteiger partial charge in [0.25, 0.3) is 0 Å². The molecule has 0 radical (unpaired) electrons. The monoisotopic (exact) mass is 264 g/mol. The smallest absolute Gasteiger partial charge is 0.195 e. The summed E-state index contributed by atoms with van der Waals surface area (Å²) in [6.07, 6.45) is 0. The van der Waals surface area contributed by atoms with Crippen LogP contribution in [0.5, 0.6) is 0 Å². The molecule has 0 saturated heterocycles. The van der Waals surface area contributed by atoms with Gasteiger partial charge in [0.2, 0.25) is 0 Å². The van der Waals surface area contributed by atoms with Crippen LogP contribution in [-0.4, -0.2) is 0 Å². The van der Waals surface area contributed by atoms with Crippen LogP contribution in [-0.2, 0) is 0 Å². The summed E-state index contributed by atoms with van der Waals surface area (Å²) in [7, 11) is 0. The Labute approximate surface area is 105 Å². The number of halogens is 2. The molecule has 1 heterocycles. The number of rotatable bonds is 0. The summed E-state index contributed by atoms with van der Waals surface area (Å²) in [5.41, 5.74) is -0.148. The second kappa shape index (κ2) is 3.79. The van der Waals surface area contributed by atoms with E-state index in [4.69, 9.17) is 11.6 Å². The first kappa shape index (κ1) is 10.7. The molecule has 4 heteroatoms. The van der Waals surface area contributed by atoms with Crippen LogP contribution in [0.25, 0.3) is 20.2 Å². The van der Waals surface area contributed by atoms with E-state index in [0.717, 1.165) is 9.40 Å². The standard InChI is InChI=1S/C13H6ClFOS/c14-7-1-3-9-12(5-7)17-11-4-2-8(15)6-10(11)13(9)16/h1-6H. The molecule has 0 aliphatic rings. The maximum absolute atomic E-state index is 13.1. The summed E-state index contributed by atoms with van der Waals surface area (Å²) in [4.78, 5) is 12.1. The Kier molecular flexibility index (Phi) is 2.38. The van der Waals surface area contributed by atoms with Gasteiger partial charge in [-0.15, -0.1) is 11.3 Å². The van der Waals surface area contributed by atoms with Gasteiger partial charge in [0.05, 0.1) is 0 Å². The van der Waals surface area contributed by atoms with Gasteiger partial charge in [0.15, 0.2) is 5.43 Å². The van der Waals surface area contributed by atoms with Crippen molar-refractivity contribution < 1.29 is 4.39 Å². The first-order valence-electron chi connectivity index (χ1n) is 4.97. The second-order valence-electron chi connectivity index (χ2n) is 3.71. The van der Waals surface area contributed by atoms with Crippen molar-refractivity contribution in [2.45, 2.75) is 0 Å². The fourth-order valence-corrected chi connectivity index (χ4v) is 3.13. The maximum atomic E-state index is 13.1. The third-order valence-corrected chi connectivity index (χ3v) is 3.96. The lowest BCUT2D eigenvalue weighted by Gasteiger charge is -2.01. The van der Waals surface area contributed by atoms with Crippen LogP contribution in [0, 0.1) is 5.82 Å². The molecule has 0 atom stereocenters. The molecule has 3 rings (SSSR count). The van der Waals surface area contributed by atoms with Gasteiger partial charge in [-0.25, -0.2) is 4.39 Å². The van der Waals surface area contributed by atoms with Crippen LogP contribution in [0.2, 0.25) is 5.02 Å². The van der Waals surface area contributed by atoms with Crippen LogP contribution in [0.4, 0.5) is 4.39 Å². The number of hydrogen-bond donors (Lipinski definition) is 0. The average Bonchev–Trinajstić information content (AvgIpc) is 2.30. The van der Waals surface area contributed by atoms with E-state index in [1.165, 1.54) is 23.5 Å². The highest BCUT2D eigenvalue weighted by molar-refractivity contribution is 7.24. The normalized spacial score (nSPS) is 11.2. The average molecular weight is 265 g/mol. The van der Waals surface area contributed by atoms with Crippen molar-refractivity contribution in [1.29, 1.82) is 0 Å². The van der Waals surface area contributed by atoms with Gasteiger partial charge in [-0.05, 0) is 36.4 Å². The van der Waals surface area contributed by atoms with Crippen LogP contribution >= 0.6 is 22.9 Å². The molecule has 0 N–H and O–H groups in total. The second-order valence-corrected chi connectivity index (χ2v) is 5.23. The zero-order valence-corrected chi connectivity index (χ0v) is 10.1. The Hall–Kier alpha value is -1.45. The van der Waals surface area contributed by atoms with E-state index in [2.05, 4.69) is 0 Å². The van der Waals surface area contributed by atoms with Gasteiger partial charge in [-0.1, -0.05) is 11.6 Å². The lowest BCUT2D eigenvalue weighted by atomic mass is 10.2. The lowest BCUT2D eigenvalue weighted by molar-refractivity contribution is 0.630. The Balaban J connectivity index is 2.57. The Morgan fingerprint density at radius 2 is 1.82 bits per heavy atom. The molecule has 1 aromatic heterocycles. The van der Waals surface area contributed by atoms with Crippen molar-refractivity contribution >= 4 is 43.1 Å². The first-order chi connectivity index (χ1) is 8.15. The minimum atomic E-state index is -0.393.